The van der Waals surface area contributed by atoms with Gasteiger partial charge in [-0.05, 0) is 33.7 Å². The maximum Gasteiger partial charge on any atom is 0.241 e. The first-order valence-corrected chi connectivity index (χ1v) is 6.66. The summed E-state index contributed by atoms with van der Waals surface area (Å²) in [6, 6.07) is -0.145. The second kappa shape index (κ2) is 5.83. The third kappa shape index (κ3) is 3.19. The number of nitrogens with zero attached hydrogens (tertiary/aromatic N) is 2. The molecular weight excluding hydrogens is 214 g/mol. The van der Waals surface area contributed by atoms with Crippen LogP contribution in [0.1, 0.15) is 40.0 Å². The molecule has 1 saturated heterocycles. The minimum Gasteiger partial charge on any atom is -0.336 e. The molecule has 0 spiro atoms. The van der Waals surface area contributed by atoms with Crippen molar-refractivity contribution in [3.63, 3.8) is 0 Å². The number of carbonyl (C=O) groups excluding carboxylic acids is 1. The Morgan fingerprint density at radius 1 is 1.47 bits per heavy atom. The quantitative estimate of drug-likeness (QED) is 0.800. The number of rotatable bonds is 4. The second-order valence-electron chi connectivity index (χ2n) is 5.64. The monoisotopic (exact) mass is 241 g/mol. The Bertz CT molecular complexity index is 265. The normalized spacial score (nSPS) is 26.1. The minimum atomic E-state index is -0.145. The number of nitrogens with two attached hydrogens (primary N) is 1. The van der Waals surface area contributed by atoms with Crippen LogP contribution in [-0.4, -0.2) is 54.0 Å². The molecule has 1 rings (SSSR count). The molecule has 0 aromatic heterocycles. The van der Waals surface area contributed by atoms with Crippen LogP contribution in [0, 0.1) is 0 Å². The lowest BCUT2D eigenvalue weighted by Crippen LogP contribution is -2.53. The Balaban J connectivity index is 2.89. The molecule has 4 heteroatoms. The Kier molecular flexibility index (Phi) is 4.95. The number of unbranched alkanes of at least 4 members (excludes halogenated alkanes) is 1. The van der Waals surface area contributed by atoms with Crippen LogP contribution >= 0.6 is 0 Å². The van der Waals surface area contributed by atoms with E-state index in [9.17, 15) is 4.79 Å². The SMILES string of the molecule is CCCCN1C(=O)C(CN)N(C)CCC1(C)C. The molecule has 0 radical (unpaired) electrons. The number of hydrogen-bond donors (Lipinski definition) is 1. The van der Waals surface area contributed by atoms with Crippen molar-refractivity contribution in [2.45, 2.75) is 51.6 Å². The highest BCUT2D eigenvalue weighted by Gasteiger charge is 2.38. The van der Waals surface area contributed by atoms with Gasteiger partial charge >= 0.3 is 0 Å². The summed E-state index contributed by atoms with van der Waals surface area (Å²) in [6.07, 6.45) is 3.19. The topological polar surface area (TPSA) is 49.6 Å². The molecule has 1 fully saturated rings. The van der Waals surface area contributed by atoms with Gasteiger partial charge in [-0.3, -0.25) is 9.69 Å². The van der Waals surface area contributed by atoms with E-state index in [-0.39, 0.29) is 17.5 Å². The Hall–Kier alpha value is -0.610. The van der Waals surface area contributed by atoms with E-state index in [2.05, 4.69) is 25.7 Å². The van der Waals surface area contributed by atoms with E-state index in [4.69, 9.17) is 5.73 Å². The highest BCUT2D eigenvalue weighted by atomic mass is 16.2. The van der Waals surface area contributed by atoms with Gasteiger partial charge in [-0.1, -0.05) is 13.3 Å². The highest BCUT2D eigenvalue weighted by Crippen LogP contribution is 2.25. The molecule has 2 N–H and O–H groups in total. The van der Waals surface area contributed by atoms with Crippen molar-refractivity contribution < 1.29 is 4.79 Å². The second-order valence-corrected chi connectivity index (χ2v) is 5.64. The molecule has 1 unspecified atom stereocenters. The van der Waals surface area contributed by atoms with Crippen LogP contribution in [0.25, 0.3) is 0 Å². The van der Waals surface area contributed by atoms with Crippen molar-refractivity contribution in [3.05, 3.63) is 0 Å². The molecule has 0 saturated carbocycles. The number of hydrogen-bond acceptors (Lipinski definition) is 3. The first-order chi connectivity index (χ1) is 7.94. The predicted molar refractivity (Wildman–Crippen MR) is 70.8 cm³/mol. The lowest BCUT2D eigenvalue weighted by atomic mass is 9.98. The maximum atomic E-state index is 12.5. The largest absolute Gasteiger partial charge is 0.336 e. The summed E-state index contributed by atoms with van der Waals surface area (Å²) in [6.45, 7) is 8.67. The molecule has 100 valence electrons. The van der Waals surface area contributed by atoms with Crippen molar-refractivity contribution >= 4 is 5.91 Å². The van der Waals surface area contributed by atoms with Gasteiger partial charge in [-0.25, -0.2) is 0 Å². The van der Waals surface area contributed by atoms with Crippen molar-refractivity contribution in [2.24, 2.45) is 5.73 Å². The lowest BCUT2D eigenvalue weighted by molar-refractivity contribution is -0.139. The van der Waals surface area contributed by atoms with Crippen LogP contribution in [0.5, 0.6) is 0 Å². The van der Waals surface area contributed by atoms with Crippen LogP contribution in [-0.2, 0) is 4.79 Å². The van der Waals surface area contributed by atoms with E-state index in [1.807, 2.05) is 11.9 Å². The molecule has 17 heavy (non-hydrogen) atoms. The molecule has 1 atom stereocenters. The Morgan fingerprint density at radius 2 is 2.12 bits per heavy atom. The summed E-state index contributed by atoms with van der Waals surface area (Å²) in [7, 11) is 1.99. The molecule has 1 aliphatic heterocycles. The number of amides is 1. The third-order valence-electron chi connectivity index (χ3n) is 3.85. The molecule has 0 aliphatic carbocycles. The van der Waals surface area contributed by atoms with Gasteiger partial charge < -0.3 is 10.6 Å². The molecule has 0 aromatic rings. The fourth-order valence-electron chi connectivity index (χ4n) is 2.42. The molecule has 4 nitrogen and oxygen atoms in total. The zero-order valence-electron chi connectivity index (χ0n) is 11.7. The van der Waals surface area contributed by atoms with Gasteiger partial charge in [-0.2, -0.15) is 0 Å². The van der Waals surface area contributed by atoms with Crippen LogP contribution in [0.15, 0.2) is 0 Å². The summed E-state index contributed by atoms with van der Waals surface area (Å²) in [5.41, 5.74) is 5.69. The first-order valence-electron chi connectivity index (χ1n) is 6.66. The lowest BCUT2D eigenvalue weighted by Gasteiger charge is -2.38. The number of likely N-dealkylation sites (N-methyl/N-ethyl adjacent to an activating group) is 1. The van der Waals surface area contributed by atoms with Gasteiger partial charge in [-0.15, -0.1) is 0 Å². The molecule has 0 bridgehead atoms. The van der Waals surface area contributed by atoms with E-state index in [1.54, 1.807) is 0 Å². The van der Waals surface area contributed by atoms with Gasteiger partial charge in [0.1, 0.15) is 6.04 Å². The van der Waals surface area contributed by atoms with E-state index >= 15 is 0 Å². The molecule has 1 amide bonds. The molecular formula is C13H27N3O. The van der Waals surface area contributed by atoms with Crippen molar-refractivity contribution in [1.29, 1.82) is 0 Å². The van der Waals surface area contributed by atoms with Crippen molar-refractivity contribution in [2.75, 3.05) is 26.7 Å². The summed E-state index contributed by atoms with van der Waals surface area (Å²) in [5.74, 6) is 0.200. The minimum absolute atomic E-state index is 0.0512. The van der Waals surface area contributed by atoms with Crippen LogP contribution in [0.4, 0.5) is 0 Å². The van der Waals surface area contributed by atoms with Gasteiger partial charge in [0.25, 0.3) is 0 Å². The molecule has 1 aliphatic rings. The van der Waals surface area contributed by atoms with Gasteiger partial charge in [0.2, 0.25) is 5.91 Å². The van der Waals surface area contributed by atoms with E-state index < -0.39 is 0 Å². The van der Waals surface area contributed by atoms with Gasteiger partial charge in [0, 0.05) is 25.2 Å². The van der Waals surface area contributed by atoms with Gasteiger partial charge in [0.05, 0.1) is 0 Å². The fraction of sp³-hybridized carbons (Fsp3) is 0.923. The third-order valence-corrected chi connectivity index (χ3v) is 3.85. The van der Waals surface area contributed by atoms with Crippen LogP contribution in [0.2, 0.25) is 0 Å². The fourth-order valence-corrected chi connectivity index (χ4v) is 2.42. The predicted octanol–water partition coefficient (Wildman–Crippen LogP) is 1.06. The van der Waals surface area contributed by atoms with E-state index in [0.29, 0.717) is 6.54 Å². The van der Waals surface area contributed by atoms with Crippen molar-refractivity contribution in [1.82, 2.24) is 9.80 Å². The Morgan fingerprint density at radius 3 is 2.65 bits per heavy atom. The highest BCUT2D eigenvalue weighted by molar-refractivity contribution is 5.83. The van der Waals surface area contributed by atoms with Crippen LogP contribution in [0.3, 0.4) is 0 Å². The number of carbonyl (C=O) groups is 1. The summed E-state index contributed by atoms with van der Waals surface area (Å²) >= 11 is 0. The Labute approximate surface area is 105 Å². The van der Waals surface area contributed by atoms with E-state index in [1.165, 1.54) is 0 Å². The average molecular weight is 241 g/mol. The molecule has 1 heterocycles. The molecule has 0 aromatic carbocycles. The summed E-state index contributed by atoms with van der Waals surface area (Å²) in [4.78, 5) is 16.6. The van der Waals surface area contributed by atoms with E-state index in [0.717, 1.165) is 32.4 Å². The smallest absolute Gasteiger partial charge is 0.241 e. The zero-order valence-corrected chi connectivity index (χ0v) is 11.7. The standard InChI is InChI=1S/C13H27N3O/c1-5-6-8-16-12(17)11(10-14)15(4)9-7-13(16,2)3/h11H,5-10,14H2,1-4H3. The average Bonchev–Trinajstić information content (AvgIpc) is 2.34. The summed E-state index contributed by atoms with van der Waals surface area (Å²) in [5, 5.41) is 0. The zero-order chi connectivity index (χ0) is 13.1. The van der Waals surface area contributed by atoms with Crippen molar-refractivity contribution in [3.8, 4) is 0 Å². The maximum absolute atomic E-state index is 12.5. The van der Waals surface area contributed by atoms with Gasteiger partial charge in [0.15, 0.2) is 0 Å². The summed E-state index contributed by atoms with van der Waals surface area (Å²) < 4.78 is 0. The first kappa shape index (κ1) is 14.5. The van der Waals surface area contributed by atoms with Crippen LogP contribution < -0.4 is 5.73 Å².